The first kappa shape index (κ1) is 30.0. The average Bonchev–Trinajstić information content (AvgIpc) is 2.95. The van der Waals surface area contributed by atoms with Crippen LogP contribution in [-0.4, -0.2) is 51.6 Å². The van der Waals surface area contributed by atoms with E-state index in [9.17, 15) is 28.4 Å². The average molecular weight is 575 g/mol. The number of hydrogen-bond acceptors (Lipinski definition) is 9. The Morgan fingerprint density at radius 1 is 1.05 bits per heavy atom. The normalized spacial score (nSPS) is 18.0. The first-order valence-corrected chi connectivity index (χ1v) is 13.4. The van der Waals surface area contributed by atoms with Crippen molar-refractivity contribution in [2.75, 3.05) is 23.8 Å². The van der Waals surface area contributed by atoms with Gasteiger partial charge in [-0.05, 0) is 49.7 Å². The summed E-state index contributed by atoms with van der Waals surface area (Å²) < 4.78 is 42.2. The zero-order chi connectivity index (χ0) is 29.2. The second-order valence-corrected chi connectivity index (χ2v) is 10.0. The number of aliphatic hydroxyl groups is 1. The van der Waals surface area contributed by atoms with E-state index in [-0.39, 0.29) is 59.9 Å². The van der Waals surface area contributed by atoms with Crippen molar-refractivity contribution in [3.8, 4) is 5.75 Å². The van der Waals surface area contributed by atoms with E-state index >= 15 is 0 Å². The van der Waals surface area contributed by atoms with E-state index in [0.29, 0.717) is 6.54 Å². The summed E-state index contributed by atoms with van der Waals surface area (Å²) in [5.41, 5.74) is 1.09. The lowest BCUT2D eigenvalue weighted by molar-refractivity contribution is -0.384. The third-order valence-corrected chi connectivity index (χ3v) is 7.02. The number of aromatic nitrogens is 2. The molecule has 1 aromatic heterocycles. The lowest BCUT2D eigenvalue weighted by Gasteiger charge is -2.32. The molecule has 13 heteroatoms. The van der Waals surface area contributed by atoms with Crippen molar-refractivity contribution < 1.29 is 27.9 Å². The van der Waals surface area contributed by atoms with Gasteiger partial charge in [-0.3, -0.25) is 10.1 Å². The predicted octanol–water partition coefficient (Wildman–Crippen LogP) is 5.06. The summed E-state index contributed by atoms with van der Waals surface area (Å²) >= 11 is 0. The molecule has 1 aliphatic carbocycles. The van der Waals surface area contributed by atoms with Crippen molar-refractivity contribution in [2.24, 2.45) is 5.92 Å². The number of rotatable bonds is 13. The van der Waals surface area contributed by atoms with Crippen LogP contribution in [0.25, 0.3) is 0 Å². The van der Waals surface area contributed by atoms with Crippen molar-refractivity contribution in [1.29, 1.82) is 0 Å². The largest absolute Gasteiger partial charge is 0.573 e. The molecular weight excluding hydrogens is 541 g/mol. The van der Waals surface area contributed by atoms with Gasteiger partial charge in [0.1, 0.15) is 11.9 Å². The van der Waals surface area contributed by atoms with Gasteiger partial charge in [-0.1, -0.05) is 48.5 Å². The topological polar surface area (TPSA) is 134 Å². The molecule has 41 heavy (non-hydrogen) atoms. The fourth-order valence-electron chi connectivity index (χ4n) is 4.96. The molecule has 0 amide bonds. The van der Waals surface area contributed by atoms with Gasteiger partial charge in [0.05, 0.1) is 11.5 Å². The van der Waals surface area contributed by atoms with Gasteiger partial charge in [-0.25, -0.2) is 4.98 Å². The molecule has 1 atom stereocenters. The Morgan fingerprint density at radius 3 is 2.44 bits per heavy atom. The van der Waals surface area contributed by atoms with Crippen molar-refractivity contribution in [3.63, 3.8) is 0 Å². The van der Waals surface area contributed by atoms with Gasteiger partial charge < -0.3 is 25.8 Å². The van der Waals surface area contributed by atoms with Crippen molar-refractivity contribution in [3.05, 3.63) is 82.0 Å². The number of halogens is 3. The number of hydrogen-bond donors (Lipinski definition) is 4. The fraction of sp³-hybridized carbons (Fsp3) is 0.429. The lowest BCUT2D eigenvalue weighted by Crippen LogP contribution is -2.44. The predicted molar refractivity (Wildman–Crippen MR) is 148 cm³/mol. The van der Waals surface area contributed by atoms with E-state index in [2.05, 4.69) is 30.7 Å². The maximum absolute atomic E-state index is 12.7. The zero-order valence-electron chi connectivity index (χ0n) is 22.3. The molecular formula is C28H33F3N6O4. The minimum Gasteiger partial charge on any atom is -0.405 e. The van der Waals surface area contributed by atoms with Crippen LogP contribution in [-0.2, 0) is 13.0 Å². The maximum atomic E-state index is 12.7. The minimum atomic E-state index is -4.84. The number of nitrogens with one attached hydrogen (secondary N) is 3. The molecule has 1 aliphatic rings. The van der Waals surface area contributed by atoms with Gasteiger partial charge >= 0.3 is 12.0 Å². The van der Waals surface area contributed by atoms with Gasteiger partial charge in [0.15, 0.2) is 0 Å². The quantitative estimate of drug-likeness (QED) is 0.163. The van der Waals surface area contributed by atoms with Crippen LogP contribution in [0.1, 0.15) is 36.8 Å². The van der Waals surface area contributed by atoms with Crippen LogP contribution >= 0.6 is 0 Å². The molecule has 4 rings (SSSR count). The molecule has 3 aromatic rings. The molecule has 0 saturated heterocycles. The van der Waals surface area contributed by atoms with E-state index in [4.69, 9.17) is 0 Å². The SMILES string of the molecule is O=[N+]([O-])c1cnc(NCc2ccccc2OC(F)(F)F)nc1NCC1CCC(N[C@@H](CO)Cc2ccccc2)CC1. The third kappa shape index (κ3) is 9.29. The van der Waals surface area contributed by atoms with E-state index in [1.807, 2.05) is 30.3 Å². The highest BCUT2D eigenvalue weighted by atomic mass is 19.4. The molecule has 0 unspecified atom stereocenters. The maximum Gasteiger partial charge on any atom is 0.573 e. The van der Waals surface area contributed by atoms with Crippen molar-refractivity contribution in [2.45, 2.75) is 57.1 Å². The molecule has 0 aliphatic heterocycles. The molecule has 1 fully saturated rings. The van der Waals surface area contributed by atoms with Crippen LogP contribution < -0.4 is 20.7 Å². The van der Waals surface area contributed by atoms with Crippen LogP contribution in [0.15, 0.2) is 60.8 Å². The smallest absolute Gasteiger partial charge is 0.405 e. The van der Waals surface area contributed by atoms with Crippen molar-refractivity contribution >= 4 is 17.5 Å². The molecule has 0 spiro atoms. The van der Waals surface area contributed by atoms with E-state index in [1.54, 1.807) is 6.07 Å². The highest BCUT2D eigenvalue weighted by Crippen LogP contribution is 2.29. The summed E-state index contributed by atoms with van der Waals surface area (Å²) in [4.78, 5) is 19.2. The highest BCUT2D eigenvalue weighted by molar-refractivity contribution is 5.57. The zero-order valence-corrected chi connectivity index (χ0v) is 22.3. The Balaban J connectivity index is 1.30. The van der Waals surface area contributed by atoms with Crippen molar-refractivity contribution in [1.82, 2.24) is 15.3 Å². The Morgan fingerprint density at radius 2 is 1.76 bits per heavy atom. The Kier molecular flexibility index (Phi) is 10.3. The Bertz CT molecular complexity index is 1270. The Labute approximate surface area is 235 Å². The molecule has 10 nitrogen and oxygen atoms in total. The van der Waals surface area contributed by atoms with Crippen LogP contribution in [0, 0.1) is 16.0 Å². The Hall–Kier alpha value is -3.97. The molecule has 2 aromatic carbocycles. The monoisotopic (exact) mass is 574 g/mol. The molecule has 0 bridgehead atoms. The van der Waals surface area contributed by atoms with Crippen LogP contribution in [0.2, 0.25) is 0 Å². The number of aliphatic hydroxyl groups excluding tert-OH is 1. The van der Waals surface area contributed by atoms with Crippen LogP contribution in [0.5, 0.6) is 5.75 Å². The highest BCUT2D eigenvalue weighted by Gasteiger charge is 2.32. The summed E-state index contributed by atoms with van der Waals surface area (Å²) in [6.07, 6.45) is 0.592. The summed E-state index contributed by atoms with van der Waals surface area (Å²) in [6, 6.07) is 15.9. The number of nitro groups is 1. The first-order chi connectivity index (χ1) is 19.7. The lowest BCUT2D eigenvalue weighted by atomic mass is 9.85. The number of anilines is 2. The van der Waals surface area contributed by atoms with Gasteiger partial charge in [-0.2, -0.15) is 4.98 Å². The molecule has 220 valence electrons. The molecule has 1 saturated carbocycles. The van der Waals surface area contributed by atoms with Gasteiger partial charge in [0.2, 0.25) is 11.8 Å². The second kappa shape index (κ2) is 14.1. The van der Waals surface area contributed by atoms with Gasteiger partial charge in [-0.15, -0.1) is 13.2 Å². The summed E-state index contributed by atoms with van der Waals surface area (Å²) in [5.74, 6) is -0.0209. The summed E-state index contributed by atoms with van der Waals surface area (Å²) in [6.45, 7) is 0.435. The van der Waals surface area contributed by atoms with Gasteiger partial charge in [0.25, 0.3) is 0 Å². The number of alkyl halides is 3. The minimum absolute atomic E-state index is 0.0290. The van der Waals surface area contributed by atoms with E-state index < -0.39 is 11.3 Å². The first-order valence-electron chi connectivity index (χ1n) is 13.4. The standard InChI is InChI=1S/C28H33F3N6O4/c29-28(30,31)41-25-9-5-4-8-21(25)16-33-27-34-17-24(37(39)40)26(36-27)32-15-20-10-12-22(13-11-20)35-23(18-38)14-19-6-2-1-3-7-19/h1-9,17,20,22-23,35,38H,10-16,18H2,(H2,32,33,34,36)/t20?,22?,23-/m1/s1. The number of benzene rings is 2. The number of ether oxygens (including phenoxy) is 1. The van der Waals surface area contributed by atoms with E-state index in [0.717, 1.165) is 43.9 Å². The molecule has 0 radical (unpaired) electrons. The van der Waals surface area contributed by atoms with Gasteiger partial charge in [0, 0.05) is 30.7 Å². The van der Waals surface area contributed by atoms with Crippen LogP contribution in [0.3, 0.4) is 0 Å². The molecule has 4 N–H and O–H groups in total. The fourth-order valence-corrected chi connectivity index (χ4v) is 4.96. The molecule has 1 heterocycles. The van der Waals surface area contributed by atoms with E-state index in [1.165, 1.54) is 18.2 Å². The van der Waals surface area contributed by atoms with Crippen LogP contribution in [0.4, 0.5) is 30.6 Å². The second-order valence-electron chi connectivity index (χ2n) is 10.0. The summed E-state index contributed by atoms with van der Waals surface area (Å²) in [5, 5.41) is 30.9. The third-order valence-electron chi connectivity index (χ3n) is 7.02. The number of para-hydroxylation sites is 1. The number of nitrogens with zero attached hydrogens (tertiary/aromatic N) is 3. The summed E-state index contributed by atoms with van der Waals surface area (Å²) in [7, 11) is 0.